The fourth-order valence-electron chi connectivity index (χ4n) is 1.46. The molecule has 7 nitrogen and oxygen atoms in total. The van der Waals surface area contributed by atoms with Gasteiger partial charge in [-0.2, -0.15) is 8.42 Å². The predicted molar refractivity (Wildman–Crippen MR) is 71.1 cm³/mol. The number of pyridine rings is 1. The molecule has 0 fully saturated rings. The van der Waals surface area contributed by atoms with Crippen molar-refractivity contribution < 1.29 is 18.1 Å². The molecule has 0 saturated carbocycles. The fourth-order valence-corrected chi connectivity index (χ4v) is 2.08. The van der Waals surface area contributed by atoms with Gasteiger partial charge in [-0.3, -0.25) is 4.55 Å². The van der Waals surface area contributed by atoms with Crippen LogP contribution in [0.3, 0.4) is 0 Å². The largest absolute Gasteiger partial charge is 0.506 e. The highest BCUT2D eigenvalue weighted by atomic mass is 32.2. The van der Waals surface area contributed by atoms with Gasteiger partial charge < -0.3 is 5.11 Å². The third-order valence-electron chi connectivity index (χ3n) is 2.45. The fraction of sp³-hybridized carbons (Fsp3) is 0.0833. The monoisotopic (exact) mass is 293 g/mol. The Morgan fingerprint density at radius 2 is 1.80 bits per heavy atom. The Bertz CT molecular complexity index is 772. The zero-order valence-electron chi connectivity index (χ0n) is 10.4. The number of benzene rings is 1. The average molecular weight is 293 g/mol. The van der Waals surface area contributed by atoms with E-state index in [4.69, 9.17) is 4.55 Å². The second-order valence-corrected chi connectivity index (χ2v) is 5.31. The minimum Gasteiger partial charge on any atom is -0.506 e. The summed E-state index contributed by atoms with van der Waals surface area (Å²) >= 11 is 0. The van der Waals surface area contributed by atoms with Gasteiger partial charge in [0.2, 0.25) is 0 Å². The first-order valence-electron chi connectivity index (χ1n) is 5.53. The van der Waals surface area contributed by atoms with E-state index in [1.807, 2.05) is 0 Å². The molecule has 0 aliphatic heterocycles. The predicted octanol–water partition coefficient (Wildman–Crippen LogP) is 2.76. The van der Waals surface area contributed by atoms with E-state index in [0.717, 1.165) is 0 Å². The van der Waals surface area contributed by atoms with Crippen molar-refractivity contribution in [3.05, 3.63) is 42.1 Å². The summed E-state index contributed by atoms with van der Waals surface area (Å²) in [6.45, 7) is 1.60. The molecule has 8 heteroatoms. The molecule has 2 N–H and O–H groups in total. The first-order valence-corrected chi connectivity index (χ1v) is 6.97. The Morgan fingerprint density at radius 1 is 1.10 bits per heavy atom. The lowest BCUT2D eigenvalue weighted by Crippen LogP contribution is -1.97. The van der Waals surface area contributed by atoms with E-state index in [1.54, 1.807) is 13.0 Å². The molecule has 0 amide bonds. The van der Waals surface area contributed by atoms with Crippen molar-refractivity contribution in [1.29, 1.82) is 0 Å². The van der Waals surface area contributed by atoms with Crippen LogP contribution < -0.4 is 0 Å². The maximum absolute atomic E-state index is 11.2. The highest BCUT2D eigenvalue weighted by Crippen LogP contribution is 2.26. The normalized spacial score (nSPS) is 11.9. The van der Waals surface area contributed by atoms with Crippen molar-refractivity contribution in [2.24, 2.45) is 10.2 Å². The van der Waals surface area contributed by atoms with Crippen molar-refractivity contribution in [3.8, 4) is 5.75 Å². The molecule has 0 spiro atoms. The molecule has 1 aromatic heterocycles. The quantitative estimate of drug-likeness (QED) is 0.667. The van der Waals surface area contributed by atoms with Crippen LogP contribution in [0.2, 0.25) is 0 Å². The molecule has 0 radical (unpaired) electrons. The molecule has 1 heterocycles. The molecule has 0 aliphatic rings. The highest BCUT2D eigenvalue weighted by Gasteiger charge is 2.14. The average Bonchev–Trinajstić information content (AvgIpc) is 2.39. The van der Waals surface area contributed by atoms with Gasteiger partial charge in [0.25, 0.3) is 10.1 Å². The van der Waals surface area contributed by atoms with Crippen molar-refractivity contribution in [3.63, 3.8) is 0 Å². The summed E-state index contributed by atoms with van der Waals surface area (Å²) in [7, 11) is -4.37. The second-order valence-electron chi connectivity index (χ2n) is 3.92. The van der Waals surface area contributed by atoms with Crippen LogP contribution in [0.4, 0.5) is 11.5 Å². The van der Waals surface area contributed by atoms with Crippen LogP contribution >= 0.6 is 0 Å². The molecule has 2 aromatic rings. The molecule has 20 heavy (non-hydrogen) atoms. The molecule has 0 atom stereocenters. The Labute approximate surface area is 115 Å². The molecule has 0 aliphatic carbocycles. The van der Waals surface area contributed by atoms with Crippen LogP contribution in [-0.2, 0) is 10.1 Å². The Kier molecular flexibility index (Phi) is 3.77. The number of hydrogen-bond acceptors (Lipinski definition) is 6. The summed E-state index contributed by atoms with van der Waals surface area (Å²) in [6, 6.07) is 8.50. The molecule has 0 saturated heterocycles. The smallest absolute Gasteiger partial charge is 0.296 e. The van der Waals surface area contributed by atoms with Gasteiger partial charge in [0.15, 0.2) is 5.82 Å². The van der Waals surface area contributed by atoms with E-state index in [2.05, 4.69) is 15.2 Å². The van der Waals surface area contributed by atoms with Gasteiger partial charge >= 0.3 is 0 Å². The van der Waals surface area contributed by atoms with Crippen LogP contribution in [0, 0.1) is 6.92 Å². The zero-order chi connectivity index (χ0) is 14.8. The number of rotatable bonds is 3. The van der Waals surface area contributed by atoms with Gasteiger partial charge in [-0.1, -0.05) is 12.1 Å². The van der Waals surface area contributed by atoms with Gasteiger partial charge in [-0.05, 0) is 31.2 Å². The molecule has 104 valence electrons. The van der Waals surface area contributed by atoms with E-state index >= 15 is 0 Å². The first kappa shape index (κ1) is 14.1. The number of hydrogen-bond donors (Lipinski definition) is 2. The molecule has 0 unspecified atom stereocenters. The standard InChI is InChI=1S/C12H11N3O4S/c1-8-10(16)6-7-12(13-8)15-14-9-4-2-3-5-11(9)20(17,18)19/h2-7,16H,1H3,(H,17,18,19). The van der Waals surface area contributed by atoms with Crippen LogP contribution in [0.1, 0.15) is 5.69 Å². The highest BCUT2D eigenvalue weighted by molar-refractivity contribution is 7.86. The topological polar surface area (TPSA) is 112 Å². The van der Waals surface area contributed by atoms with Gasteiger partial charge in [0, 0.05) is 0 Å². The maximum Gasteiger partial charge on any atom is 0.296 e. The van der Waals surface area contributed by atoms with Gasteiger partial charge in [-0.25, -0.2) is 4.98 Å². The number of aryl methyl sites for hydroxylation is 1. The summed E-state index contributed by atoms with van der Waals surface area (Å²) in [4.78, 5) is 3.62. The van der Waals surface area contributed by atoms with E-state index in [-0.39, 0.29) is 22.2 Å². The van der Waals surface area contributed by atoms with Gasteiger partial charge in [-0.15, -0.1) is 10.2 Å². The minimum absolute atomic E-state index is 0.00234. The van der Waals surface area contributed by atoms with E-state index in [9.17, 15) is 13.5 Å². The summed E-state index contributed by atoms with van der Waals surface area (Å²) < 4.78 is 31.4. The van der Waals surface area contributed by atoms with E-state index in [1.165, 1.54) is 30.3 Å². The van der Waals surface area contributed by atoms with Crippen LogP contribution in [0.15, 0.2) is 51.5 Å². The number of azo groups is 1. The lowest BCUT2D eigenvalue weighted by molar-refractivity contribution is 0.467. The van der Waals surface area contributed by atoms with Crippen molar-refractivity contribution in [2.75, 3.05) is 0 Å². The molecule has 1 aromatic carbocycles. The van der Waals surface area contributed by atoms with Crippen LogP contribution in [0.5, 0.6) is 5.75 Å². The third-order valence-corrected chi connectivity index (χ3v) is 3.35. The third kappa shape index (κ3) is 3.16. The Balaban J connectivity index is 2.39. The summed E-state index contributed by atoms with van der Waals surface area (Å²) in [6.07, 6.45) is 0. The minimum atomic E-state index is -4.37. The number of aromatic hydroxyl groups is 1. The van der Waals surface area contributed by atoms with E-state index < -0.39 is 10.1 Å². The molecular weight excluding hydrogens is 282 g/mol. The molecular formula is C12H11N3O4S. The Hall–Kier alpha value is -2.32. The summed E-state index contributed by atoms with van der Waals surface area (Å²) in [5, 5.41) is 16.9. The van der Waals surface area contributed by atoms with Crippen molar-refractivity contribution in [1.82, 2.24) is 4.98 Å². The zero-order valence-corrected chi connectivity index (χ0v) is 11.2. The maximum atomic E-state index is 11.2. The number of nitrogens with zero attached hydrogens (tertiary/aromatic N) is 3. The lowest BCUT2D eigenvalue weighted by atomic mass is 10.3. The Morgan fingerprint density at radius 3 is 2.45 bits per heavy atom. The van der Waals surface area contributed by atoms with Gasteiger partial charge in [0.05, 0.1) is 5.69 Å². The number of aromatic nitrogens is 1. The van der Waals surface area contributed by atoms with Crippen molar-refractivity contribution in [2.45, 2.75) is 11.8 Å². The SMILES string of the molecule is Cc1nc(N=Nc2ccccc2S(=O)(=O)O)ccc1O. The molecule has 2 rings (SSSR count). The van der Waals surface area contributed by atoms with Crippen LogP contribution in [0.25, 0.3) is 0 Å². The van der Waals surface area contributed by atoms with Crippen molar-refractivity contribution >= 4 is 21.6 Å². The summed E-state index contributed by atoms with van der Waals surface area (Å²) in [5.74, 6) is 0.243. The first-order chi connectivity index (χ1) is 9.38. The molecule has 0 bridgehead atoms. The lowest BCUT2D eigenvalue weighted by Gasteiger charge is -2.01. The van der Waals surface area contributed by atoms with Crippen LogP contribution in [-0.4, -0.2) is 23.1 Å². The summed E-state index contributed by atoms with van der Waals surface area (Å²) in [5.41, 5.74) is 0.382. The second kappa shape index (κ2) is 5.35. The van der Waals surface area contributed by atoms with E-state index in [0.29, 0.717) is 5.69 Å². The van der Waals surface area contributed by atoms with Gasteiger partial charge in [0.1, 0.15) is 16.3 Å².